The van der Waals surface area contributed by atoms with Crippen LogP contribution in [0.1, 0.15) is 17.9 Å². The molecule has 0 amide bonds. The Balaban J connectivity index is 2.12. The summed E-state index contributed by atoms with van der Waals surface area (Å²) < 4.78 is 10.7. The van der Waals surface area contributed by atoms with Gasteiger partial charge in [-0.2, -0.15) is 4.98 Å². The summed E-state index contributed by atoms with van der Waals surface area (Å²) in [5, 5.41) is 3.97. The Kier molecular flexibility index (Phi) is 3.31. The van der Waals surface area contributed by atoms with Gasteiger partial charge >= 0.3 is 0 Å². The van der Waals surface area contributed by atoms with Crippen molar-refractivity contribution >= 4 is 5.69 Å². The molecule has 1 aromatic carbocycles. The Morgan fingerprint density at radius 1 is 1.45 bits per heavy atom. The molecule has 2 N–H and O–H groups in total. The monoisotopic (exact) mass is 274 g/mol. The Morgan fingerprint density at radius 3 is 3.00 bits per heavy atom. The highest BCUT2D eigenvalue weighted by molar-refractivity contribution is 5.74. The molecule has 1 aliphatic rings. The SMILES string of the molecule is COc1c(-c2noc(CN)n2)ccc2c1CCCN2C. The van der Waals surface area contributed by atoms with Crippen LogP contribution >= 0.6 is 0 Å². The van der Waals surface area contributed by atoms with E-state index in [1.54, 1.807) is 7.11 Å². The van der Waals surface area contributed by atoms with Crippen LogP contribution in [0, 0.1) is 0 Å². The van der Waals surface area contributed by atoms with Gasteiger partial charge in [-0.3, -0.25) is 0 Å². The van der Waals surface area contributed by atoms with Crippen molar-refractivity contribution in [1.29, 1.82) is 0 Å². The van der Waals surface area contributed by atoms with Crippen LogP contribution in [0.15, 0.2) is 16.7 Å². The van der Waals surface area contributed by atoms with Crippen LogP contribution in [0.2, 0.25) is 0 Å². The molecule has 20 heavy (non-hydrogen) atoms. The van der Waals surface area contributed by atoms with Crippen molar-refractivity contribution in [3.63, 3.8) is 0 Å². The smallest absolute Gasteiger partial charge is 0.240 e. The van der Waals surface area contributed by atoms with Crippen molar-refractivity contribution < 1.29 is 9.26 Å². The highest BCUT2D eigenvalue weighted by atomic mass is 16.5. The summed E-state index contributed by atoms with van der Waals surface area (Å²) in [6.07, 6.45) is 2.11. The molecule has 3 rings (SSSR count). The molecule has 0 radical (unpaired) electrons. The molecule has 0 saturated carbocycles. The topological polar surface area (TPSA) is 77.4 Å². The van der Waals surface area contributed by atoms with Crippen LogP contribution in [-0.4, -0.2) is 30.8 Å². The van der Waals surface area contributed by atoms with Crippen LogP contribution in [-0.2, 0) is 13.0 Å². The summed E-state index contributed by atoms with van der Waals surface area (Å²) in [6.45, 7) is 1.30. The molecule has 1 aliphatic heterocycles. The van der Waals surface area contributed by atoms with Gasteiger partial charge in [-0.15, -0.1) is 0 Å². The number of rotatable bonds is 3. The highest BCUT2D eigenvalue weighted by Crippen LogP contribution is 2.39. The predicted molar refractivity (Wildman–Crippen MR) is 75.8 cm³/mol. The second-order valence-electron chi connectivity index (χ2n) is 4.89. The summed E-state index contributed by atoms with van der Waals surface area (Å²) in [7, 11) is 3.77. The van der Waals surface area contributed by atoms with Crippen molar-refractivity contribution in [3.05, 3.63) is 23.6 Å². The summed E-state index contributed by atoms with van der Waals surface area (Å²) >= 11 is 0. The molecular weight excluding hydrogens is 256 g/mol. The first-order valence-corrected chi connectivity index (χ1v) is 6.68. The third-order valence-electron chi connectivity index (χ3n) is 3.66. The van der Waals surface area contributed by atoms with E-state index in [-0.39, 0.29) is 6.54 Å². The highest BCUT2D eigenvalue weighted by Gasteiger charge is 2.22. The number of ether oxygens (including phenoxy) is 1. The van der Waals surface area contributed by atoms with Gasteiger partial charge in [0.25, 0.3) is 0 Å². The lowest BCUT2D eigenvalue weighted by Gasteiger charge is -2.29. The van der Waals surface area contributed by atoms with Gasteiger partial charge in [0, 0.05) is 24.8 Å². The zero-order chi connectivity index (χ0) is 14.1. The number of hydrogen-bond donors (Lipinski definition) is 1. The molecule has 0 atom stereocenters. The van der Waals surface area contributed by atoms with Crippen molar-refractivity contribution in [2.45, 2.75) is 19.4 Å². The minimum atomic E-state index is 0.239. The second-order valence-corrected chi connectivity index (χ2v) is 4.89. The van der Waals surface area contributed by atoms with Crippen molar-refractivity contribution in [2.24, 2.45) is 5.73 Å². The first-order valence-electron chi connectivity index (χ1n) is 6.68. The first kappa shape index (κ1) is 12.9. The normalized spacial score (nSPS) is 14.2. The van der Waals surface area contributed by atoms with Crippen molar-refractivity contribution in [3.8, 4) is 17.1 Å². The minimum Gasteiger partial charge on any atom is -0.496 e. The van der Waals surface area contributed by atoms with Crippen LogP contribution < -0.4 is 15.4 Å². The fraction of sp³-hybridized carbons (Fsp3) is 0.429. The van der Waals surface area contributed by atoms with E-state index >= 15 is 0 Å². The zero-order valence-electron chi connectivity index (χ0n) is 11.7. The molecule has 1 aromatic heterocycles. The Labute approximate surface area is 117 Å². The summed E-state index contributed by atoms with van der Waals surface area (Å²) in [5.41, 5.74) is 8.77. The van der Waals surface area contributed by atoms with Gasteiger partial charge in [0.2, 0.25) is 11.7 Å². The molecule has 0 fully saturated rings. The number of methoxy groups -OCH3 is 1. The maximum atomic E-state index is 5.61. The van der Waals surface area contributed by atoms with Gasteiger partial charge in [0.05, 0.1) is 19.2 Å². The average Bonchev–Trinajstić information content (AvgIpc) is 2.95. The third-order valence-corrected chi connectivity index (χ3v) is 3.66. The van der Waals surface area contributed by atoms with E-state index in [1.807, 2.05) is 6.07 Å². The van der Waals surface area contributed by atoms with Crippen molar-refractivity contribution in [1.82, 2.24) is 10.1 Å². The molecule has 2 aromatic rings. The maximum absolute atomic E-state index is 5.61. The fourth-order valence-corrected chi connectivity index (χ4v) is 2.69. The van der Waals surface area contributed by atoms with Crippen molar-refractivity contribution in [2.75, 3.05) is 25.6 Å². The largest absolute Gasteiger partial charge is 0.496 e. The van der Waals surface area contributed by atoms with Crippen LogP contribution in [0.5, 0.6) is 5.75 Å². The number of benzene rings is 1. The van der Waals surface area contributed by atoms with E-state index in [2.05, 4.69) is 28.2 Å². The number of nitrogens with two attached hydrogens (primary N) is 1. The van der Waals surface area contributed by atoms with E-state index in [0.717, 1.165) is 30.7 Å². The molecule has 106 valence electrons. The Morgan fingerprint density at radius 2 is 2.30 bits per heavy atom. The number of aromatic nitrogens is 2. The summed E-state index contributed by atoms with van der Waals surface area (Å²) in [5.74, 6) is 1.79. The maximum Gasteiger partial charge on any atom is 0.240 e. The molecule has 2 heterocycles. The van der Waals surface area contributed by atoms with Gasteiger partial charge in [-0.1, -0.05) is 5.16 Å². The molecule has 6 heteroatoms. The molecule has 0 spiro atoms. The van der Waals surface area contributed by atoms with E-state index < -0.39 is 0 Å². The standard InChI is InChI=1S/C14H18N4O2/c1-18-7-3-4-9-11(18)6-5-10(13(9)19-2)14-16-12(8-15)20-17-14/h5-6H,3-4,7-8,15H2,1-2H3. The predicted octanol–water partition coefficient (Wildman–Crippen LogP) is 1.59. The van der Waals surface area contributed by atoms with E-state index in [9.17, 15) is 0 Å². The third kappa shape index (κ3) is 2.02. The molecule has 0 saturated heterocycles. The molecule has 0 bridgehead atoms. The quantitative estimate of drug-likeness (QED) is 0.915. The molecular formula is C14H18N4O2. The van der Waals surface area contributed by atoms with Gasteiger partial charge < -0.3 is 19.9 Å². The average molecular weight is 274 g/mol. The fourth-order valence-electron chi connectivity index (χ4n) is 2.69. The van der Waals surface area contributed by atoms with Gasteiger partial charge in [-0.25, -0.2) is 0 Å². The molecule has 6 nitrogen and oxygen atoms in total. The van der Waals surface area contributed by atoms with Gasteiger partial charge in [-0.05, 0) is 25.0 Å². The van der Waals surface area contributed by atoms with E-state index in [4.69, 9.17) is 15.0 Å². The van der Waals surface area contributed by atoms with Crippen LogP contribution in [0.3, 0.4) is 0 Å². The molecule has 0 unspecified atom stereocenters. The first-order chi connectivity index (χ1) is 9.74. The Hall–Kier alpha value is -2.08. The number of fused-ring (bicyclic) bond motifs is 1. The summed E-state index contributed by atoms with van der Waals surface area (Å²) in [6, 6.07) is 4.06. The lowest BCUT2D eigenvalue weighted by Crippen LogP contribution is -2.25. The number of anilines is 1. The minimum absolute atomic E-state index is 0.239. The number of nitrogens with zero attached hydrogens (tertiary/aromatic N) is 3. The van der Waals surface area contributed by atoms with Crippen LogP contribution in [0.25, 0.3) is 11.4 Å². The van der Waals surface area contributed by atoms with Gasteiger partial charge in [0.15, 0.2) is 0 Å². The zero-order valence-corrected chi connectivity index (χ0v) is 11.7. The van der Waals surface area contributed by atoms with E-state index in [0.29, 0.717) is 11.7 Å². The second kappa shape index (κ2) is 5.13. The lowest BCUT2D eigenvalue weighted by molar-refractivity contribution is 0.379. The lowest BCUT2D eigenvalue weighted by atomic mass is 9.97. The summed E-state index contributed by atoms with van der Waals surface area (Å²) in [4.78, 5) is 6.52. The number of hydrogen-bond acceptors (Lipinski definition) is 6. The Bertz CT molecular complexity index is 624. The van der Waals surface area contributed by atoms with E-state index in [1.165, 1.54) is 11.3 Å². The van der Waals surface area contributed by atoms with Crippen LogP contribution in [0.4, 0.5) is 5.69 Å². The molecule has 0 aliphatic carbocycles. The van der Waals surface area contributed by atoms with Gasteiger partial charge in [0.1, 0.15) is 5.75 Å².